The molecule has 7 heteroatoms. The van der Waals surface area contributed by atoms with Crippen LogP contribution in [0.2, 0.25) is 5.02 Å². The van der Waals surface area contributed by atoms with Crippen LogP contribution in [-0.4, -0.2) is 29.2 Å². The van der Waals surface area contributed by atoms with E-state index in [2.05, 4.69) is 5.32 Å². The number of carbonyl (C=O) groups excluding carboxylic acids is 3. The third kappa shape index (κ3) is 2.76. The maximum absolute atomic E-state index is 13.8. The Labute approximate surface area is 142 Å². The maximum Gasteiger partial charge on any atom is 0.265 e. The van der Waals surface area contributed by atoms with E-state index in [1.807, 2.05) is 0 Å². The van der Waals surface area contributed by atoms with Crippen LogP contribution in [0.4, 0.5) is 10.1 Å². The zero-order valence-corrected chi connectivity index (χ0v) is 13.4. The minimum absolute atomic E-state index is 0.0354. The molecule has 5 nitrogen and oxygen atoms in total. The van der Waals surface area contributed by atoms with Crippen LogP contribution < -0.4 is 5.32 Å². The molecule has 2 aromatic carbocycles. The minimum Gasteiger partial charge on any atom is -0.324 e. The summed E-state index contributed by atoms with van der Waals surface area (Å²) in [5.41, 5.74) is 0.928. The summed E-state index contributed by atoms with van der Waals surface area (Å²) in [4.78, 5) is 37.3. The van der Waals surface area contributed by atoms with E-state index in [9.17, 15) is 18.8 Å². The van der Waals surface area contributed by atoms with E-state index in [1.54, 1.807) is 25.1 Å². The molecule has 3 amide bonds. The summed E-state index contributed by atoms with van der Waals surface area (Å²) >= 11 is 5.88. The first kappa shape index (κ1) is 16.1. The lowest BCUT2D eigenvalue weighted by molar-refractivity contribution is -0.116. The molecule has 0 bridgehead atoms. The molecule has 1 aliphatic heterocycles. The van der Waals surface area contributed by atoms with Gasteiger partial charge in [0.05, 0.1) is 11.1 Å². The number of imide groups is 1. The van der Waals surface area contributed by atoms with Crippen molar-refractivity contribution in [3.05, 3.63) is 63.9 Å². The van der Waals surface area contributed by atoms with Gasteiger partial charge in [-0.25, -0.2) is 4.39 Å². The highest BCUT2D eigenvalue weighted by Gasteiger charge is 2.38. The van der Waals surface area contributed by atoms with Gasteiger partial charge in [-0.05, 0) is 36.8 Å². The molecule has 0 saturated heterocycles. The van der Waals surface area contributed by atoms with Crippen molar-refractivity contribution in [2.45, 2.75) is 6.92 Å². The largest absolute Gasteiger partial charge is 0.324 e. The van der Waals surface area contributed by atoms with E-state index < -0.39 is 30.1 Å². The van der Waals surface area contributed by atoms with Crippen LogP contribution in [0.1, 0.15) is 26.3 Å². The van der Waals surface area contributed by atoms with Gasteiger partial charge in [-0.2, -0.15) is 0 Å². The van der Waals surface area contributed by atoms with Crippen molar-refractivity contribution in [3.8, 4) is 0 Å². The molecule has 0 unspecified atom stereocenters. The Bertz CT molecular complexity index is 882. The van der Waals surface area contributed by atoms with E-state index in [0.717, 1.165) is 16.5 Å². The van der Waals surface area contributed by atoms with Gasteiger partial charge in [-0.1, -0.05) is 23.7 Å². The summed E-state index contributed by atoms with van der Waals surface area (Å²) < 4.78 is 13.8. The lowest BCUT2D eigenvalue weighted by Gasteiger charge is -2.14. The number of nitrogens with one attached hydrogen (secondary N) is 1. The number of amides is 3. The zero-order valence-electron chi connectivity index (χ0n) is 12.6. The number of hydrogen-bond donors (Lipinski definition) is 1. The van der Waals surface area contributed by atoms with Gasteiger partial charge in [0.15, 0.2) is 0 Å². The minimum atomic E-state index is -0.814. The number of hydrogen-bond acceptors (Lipinski definition) is 3. The van der Waals surface area contributed by atoms with E-state index in [1.165, 1.54) is 12.1 Å². The van der Waals surface area contributed by atoms with Gasteiger partial charge in [0.1, 0.15) is 12.4 Å². The number of fused-ring (bicyclic) bond motifs is 1. The molecule has 0 aliphatic carbocycles. The number of nitrogens with zero attached hydrogens (tertiary/aromatic N) is 1. The third-order valence-corrected chi connectivity index (χ3v) is 3.96. The second-order valence-electron chi connectivity index (χ2n) is 5.37. The molecule has 0 spiro atoms. The number of benzene rings is 2. The number of aryl methyl sites for hydroxylation is 1. The summed E-state index contributed by atoms with van der Waals surface area (Å²) in [6.45, 7) is 1.28. The Kier molecular flexibility index (Phi) is 4.07. The average Bonchev–Trinajstić information content (AvgIpc) is 2.77. The topological polar surface area (TPSA) is 66.5 Å². The molecule has 0 aromatic heterocycles. The van der Waals surface area contributed by atoms with Gasteiger partial charge in [0, 0.05) is 10.7 Å². The molecule has 0 atom stereocenters. The van der Waals surface area contributed by atoms with Crippen molar-refractivity contribution < 1.29 is 18.8 Å². The molecule has 0 saturated carbocycles. The van der Waals surface area contributed by atoms with Crippen LogP contribution in [0.15, 0.2) is 36.4 Å². The first-order valence-electron chi connectivity index (χ1n) is 7.09. The van der Waals surface area contributed by atoms with Crippen LogP contribution >= 0.6 is 11.6 Å². The van der Waals surface area contributed by atoms with E-state index >= 15 is 0 Å². The average molecular weight is 347 g/mol. The molecule has 0 radical (unpaired) electrons. The first-order valence-corrected chi connectivity index (χ1v) is 7.47. The first-order chi connectivity index (χ1) is 11.4. The normalized spacial score (nSPS) is 13.2. The van der Waals surface area contributed by atoms with Crippen molar-refractivity contribution >= 4 is 35.0 Å². The predicted octanol–water partition coefficient (Wildman–Crippen LogP) is 3.02. The Morgan fingerprint density at radius 1 is 1.21 bits per heavy atom. The van der Waals surface area contributed by atoms with Crippen LogP contribution in [0.3, 0.4) is 0 Å². The number of rotatable bonds is 3. The van der Waals surface area contributed by atoms with E-state index in [4.69, 9.17) is 11.6 Å². The quantitative estimate of drug-likeness (QED) is 0.869. The molecule has 122 valence electrons. The van der Waals surface area contributed by atoms with Crippen molar-refractivity contribution in [1.29, 1.82) is 0 Å². The lowest BCUT2D eigenvalue weighted by atomic mass is 10.1. The van der Waals surface area contributed by atoms with Gasteiger partial charge >= 0.3 is 0 Å². The second-order valence-corrected chi connectivity index (χ2v) is 5.80. The third-order valence-electron chi connectivity index (χ3n) is 3.72. The molecule has 1 N–H and O–H groups in total. The Hall–Kier alpha value is -2.73. The standard InChI is InChI=1S/C17H12ClFN2O3/c1-9-5-6-10(18)7-13(9)20-14(22)8-21-16(23)11-3-2-4-12(19)15(11)17(21)24/h2-7H,8H2,1H3,(H,20,22). The summed E-state index contributed by atoms with van der Waals surface area (Å²) in [6, 6.07) is 8.78. The Morgan fingerprint density at radius 2 is 1.96 bits per heavy atom. The Morgan fingerprint density at radius 3 is 2.67 bits per heavy atom. The van der Waals surface area contributed by atoms with Crippen LogP contribution in [0, 0.1) is 12.7 Å². The van der Waals surface area contributed by atoms with E-state index in [0.29, 0.717) is 10.7 Å². The predicted molar refractivity (Wildman–Crippen MR) is 86.6 cm³/mol. The van der Waals surface area contributed by atoms with Crippen molar-refractivity contribution in [1.82, 2.24) is 4.90 Å². The summed E-state index contributed by atoms with van der Waals surface area (Å²) in [7, 11) is 0. The highest BCUT2D eigenvalue weighted by molar-refractivity contribution is 6.31. The molecule has 1 aliphatic rings. The van der Waals surface area contributed by atoms with Crippen LogP contribution in [0.25, 0.3) is 0 Å². The molecule has 3 rings (SSSR count). The molecular formula is C17H12ClFN2O3. The number of carbonyl (C=O) groups is 3. The fourth-order valence-corrected chi connectivity index (χ4v) is 2.67. The molecule has 0 fully saturated rings. The zero-order chi connectivity index (χ0) is 17.4. The van der Waals surface area contributed by atoms with Gasteiger partial charge in [-0.3, -0.25) is 19.3 Å². The number of anilines is 1. The van der Waals surface area contributed by atoms with Crippen LogP contribution in [-0.2, 0) is 4.79 Å². The van der Waals surface area contributed by atoms with E-state index in [-0.39, 0.29) is 11.1 Å². The molecular weight excluding hydrogens is 335 g/mol. The van der Waals surface area contributed by atoms with Gasteiger partial charge in [-0.15, -0.1) is 0 Å². The SMILES string of the molecule is Cc1ccc(Cl)cc1NC(=O)CN1C(=O)c2cccc(F)c2C1=O. The second kappa shape index (κ2) is 6.05. The van der Waals surface area contributed by atoms with Crippen molar-refractivity contribution in [2.75, 3.05) is 11.9 Å². The molecule has 1 heterocycles. The summed E-state index contributed by atoms with van der Waals surface area (Å²) in [5.74, 6) is -2.85. The fourth-order valence-electron chi connectivity index (χ4n) is 2.50. The lowest BCUT2D eigenvalue weighted by Crippen LogP contribution is -2.37. The fraction of sp³-hybridized carbons (Fsp3) is 0.118. The van der Waals surface area contributed by atoms with Gasteiger partial charge < -0.3 is 5.32 Å². The van der Waals surface area contributed by atoms with Gasteiger partial charge in [0.25, 0.3) is 11.8 Å². The highest BCUT2D eigenvalue weighted by atomic mass is 35.5. The summed E-state index contributed by atoms with van der Waals surface area (Å²) in [6.07, 6.45) is 0. The Balaban J connectivity index is 1.79. The van der Waals surface area contributed by atoms with Gasteiger partial charge in [0.2, 0.25) is 5.91 Å². The highest BCUT2D eigenvalue weighted by Crippen LogP contribution is 2.25. The van der Waals surface area contributed by atoms with Crippen molar-refractivity contribution in [3.63, 3.8) is 0 Å². The van der Waals surface area contributed by atoms with Crippen LogP contribution in [0.5, 0.6) is 0 Å². The molecule has 24 heavy (non-hydrogen) atoms. The monoisotopic (exact) mass is 346 g/mol. The number of halogens is 2. The maximum atomic E-state index is 13.8. The smallest absolute Gasteiger partial charge is 0.265 e. The summed E-state index contributed by atoms with van der Waals surface area (Å²) in [5, 5.41) is 3.04. The van der Waals surface area contributed by atoms with Crippen molar-refractivity contribution in [2.24, 2.45) is 0 Å². The molecule has 2 aromatic rings.